The molecule has 12 heteroatoms. The molecule has 0 saturated heterocycles. The normalized spacial score (nSPS) is 13.5. The first-order valence-electron chi connectivity index (χ1n) is 27.2. The van der Waals surface area contributed by atoms with Gasteiger partial charge in [0.1, 0.15) is 12.7 Å². The van der Waals surface area contributed by atoms with Gasteiger partial charge in [-0.05, 0) is 38.5 Å². The second-order valence-electron chi connectivity index (χ2n) is 18.8. The Kier molecular flexibility index (Phi) is 47.3. The lowest BCUT2D eigenvalue weighted by atomic mass is 10.0. The molecule has 3 unspecified atom stereocenters. The molecule has 0 aliphatic carbocycles. The quantitative estimate of drug-likeness (QED) is 0.0199. The number of aliphatic hydroxyl groups is 1. The molecule has 0 aromatic heterocycles. The van der Waals surface area contributed by atoms with E-state index >= 15 is 0 Å². The van der Waals surface area contributed by atoms with Crippen molar-refractivity contribution < 1.29 is 47.8 Å². The van der Waals surface area contributed by atoms with Crippen LogP contribution in [0.3, 0.4) is 0 Å². The summed E-state index contributed by atoms with van der Waals surface area (Å²) in [5.74, 6) is -2.35. The molecule has 0 spiro atoms. The molecule has 0 aromatic carbocycles. The SMILES string of the molecule is CCCCCCCCC/C=C\CCCCCCCCCC(=O)OCC(O)COP(=O)(O)OCC(NC(=O)CCCCCCCCCCCCCCCCCCCCCCCCC)C(=O)O. The van der Waals surface area contributed by atoms with Gasteiger partial charge in [-0.3, -0.25) is 18.6 Å². The molecule has 0 fully saturated rings. The number of carboxylic acids is 1. The molecule has 4 N–H and O–H groups in total. The Bertz CT molecular complexity index is 1150. The zero-order valence-corrected chi connectivity index (χ0v) is 43.0. The number of rotatable bonds is 52. The van der Waals surface area contributed by atoms with Crippen LogP contribution in [0.1, 0.15) is 277 Å². The lowest BCUT2D eigenvalue weighted by Gasteiger charge is -2.18. The summed E-state index contributed by atoms with van der Waals surface area (Å²) < 4.78 is 27.0. The average molecular weight is 944 g/mol. The molecule has 0 saturated carbocycles. The highest BCUT2D eigenvalue weighted by Crippen LogP contribution is 2.43. The molecule has 0 heterocycles. The highest BCUT2D eigenvalue weighted by Gasteiger charge is 2.28. The van der Waals surface area contributed by atoms with E-state index in [1.54, 1.807) is 0 Å². The zero-order chi connectivity index (χ0) is 47.7. The van der Waals surface area contributed by atoms with Gasteiger partial charge in [0.2, 0.25) is 5.91 Å². The van der Waals surface area contributed by atoms with Crippen molar-refractivity contribution in [1.82, 2.24) is 5.32 Å². The van der Waals surface area contributed by atoms with E-state index < -0.39 is 57.6 Å². The first-order chi connectivity index (χ1) is 31.6. The van der Waals surface area contributed by atoms with Crippen molar-refractivity contribution in [2.75, 3.05) is 19.8 Å². The first kappa shape index (κ1) is 63.2. The first-order valence-corrected chi connectivity index (χ1v) is 28.7. The predicted octanol–water partition coefficient (Wildman–Crippen LogP) is 15.2. The third kappa shape index (κ3) is 48.5. The second kappa shape index (κ2) is 48.7. The van der Waals surface area contributed by atoms with Gasteiger partial charge in [0, 0.05) is 12.8 Å². The standard InChI is InChI=1S/C53H102NO10P/c1-3-5-7-9-11-13-15-17-19-21-23-24-25-26-27-28-30-32-34-36-38-40-42-44-51(56)54-50(53(58)59)48-64-65(60,61)63-47-49(55)46-62-52(57)45-43-41-39-37-35-33-31-29-22-20-18-16-14-12-10-8-6-4-2/h20,22,49-50,55H,3-19,21,23-48H2,1-2H3,(H,54,56)(H,58,59)(H,60,61)/b22-20-. The van der Waals surface area contributed by atoms with Crippen molar-refractivity contribution in [2.45, 2.75) is 289 Å². The van der Waals surface area contributed by atoms with Gasteiger partial charge in [-0.1, -0.05) is 238 Å². The fraction of sp³-hybridized carbons (Fsp3) is 0.906. The number of esters is 1. The number of carbonyl (C=O) groups excluding carboxylic acids is 2. The summed E-state index contributed by atoms with van der Waals surface area (Å²) in [6, 6.07) is -1.54. The van der Waals surface area contributed by atoms with Crippen molar-refractivity contribution in [3.8, 4) is 0 Å². The Hall–Kier alpha value is -1.78. The van der Waals surface area contributed by atoms with E-state index in [0.717, 1.165) is 44.9 Å². The van der Waals surface area contributed by atoms with Gasteiger partial charge < -0.3 is 25.2 Å². The van der Waals surface area contributed by atoms with Crippen LogP contribution in [0, 0.1) is 0 Å². The Labute approximate surface area is 398 Å². The number of phosphoric ester groups is 1. The minimum absolute atomic E-state index is 0.152. The maximum atomic E-state index is 12.4. The summed E-state index contributed by atoms with van der Waals surface area (Å²) in [5, 5.41) is 22.0. The molecule has 11 nitrogen and oxygen atoms in total. The number of carbonyl (C=O) groups is 3. The number of phosphoric acid groups is 1. The van der Waals surface area contributed by atoms with Gasteiger partial charge in [0.25, 0.3) is 0 Å². The molecule has 0 aliphatic heterocycles. The van der Waals surface area contributed by atoms with Gasteiger partial charge in [0.15, 0.2) is 6.04 Å². The molecule has 0 rings (SSSR count). The molecule has 0 aromatic rings. The minimum Gasteiger partial charge on any atom is -0.480 e. The maximum absolute atomic E-state index is 12.4. The van der Waals surface area contributed by atoms with E-state index in [-0.39, 0.29) is 12.8 Å². The predicted molar refractivity (Wildman–Crippen MR) is 268 cm³/mol. The summed E-state index contributed by atoms with van der Waals surface area (Å²) in [6.45, 7) is 2.65. The fourth-order valence-corrected chi connectivity index (χ4v) is 8.85. The number of unbranched alkanes of at least 4 members (excludes halogenated alkanes) is 36. The van der Waals surface area contributed by atoms with Crippen LogP contribution < -0.4 is 5.32 Å². The maximum Gasteiger partial charge on any atom is 0.472 e. The van der Waals surface area contributed by atoms with Crippen molar-refractivity contribution in [2.24, 2.45) is 0 Å². The molecule has 65 heavy (non-hydrogen) atoms. The van der Waals surface area contributed by atoms with Crippen molar-refractivity contribution in [3.05, 3.63) is 12.2 Å². The van der Waals surface area contributed by atoms with Crippen LogP contribution in [-0.2, 0) is 32.7 Å². The van der Waals surface area contributed by atoms with Gasteiger partial charge in [0.05, 0.1) is 13.2 Å². The molecule has 0 bridgehead atoms. The second-order valence-corrected chi connectivity index (χ2v) is 20.2. The van der Waals surface area contributed by atoms with Crippen molar-refractivity contribution >= 4 is 25.7 Å². The highest BCUT2D eigenvalue weighted by molar-refractivity contribution is 7.47. The largest absolute Gasteiger partial charge is 0.480 e. The van der Waals surface area contributed by atoms with Crippen LogP contribution in [0.2, 0.25) is 0 Å². The number of hydrogen-bond acceptors (Lipinski definition) is 8. The summed E-state index contributed by atoms with van der Waals surface area (Å²) in [4.78, 5) is 46.2. The number of hydrogen-bond donors (Lipinski definition) is 4. The molecular weight excluding hydrogens is 842 g/mol. The zero-order valence-electron chi connectivity index (χ0n) is 42.1. The Morgan fingerprint density at radius 1 is 0.477 bits per heavy atom. The van der Waals surface area contributed by atoms with E-state index in [1.165, 1.54) is 193 Å². The Balaban J connectivity index is 3.77. The van der Waals surface area contributed by atoms with E-state index in [9.17, 15) is 34.1 Å². The lowest BCUT2D eigenvalue weighted by Crippen LogP contribution is -2.43. The molecule has 3 atom stereocenters. The summed E-state index contributed by atoms with van der Waals surface area (Å²) in [7, 11) is -4.76. The third-order valence-corrected chi connectivity index (χ3v) is 13.3. The van der Waals surface area contributed by atoms with Gasteiger partial charge in [-0.15, -0.1) is 0 Å². The molecule has 1 amide bonds. The number of aliphatic carboxylic acids is 1. The van der Waals surface area contributed by atoms with Gasteiger partial charge in [-0.25, -0.2) is 9.36 Å². The van der Waals surface area contributed by atoms with E-state index in [2.05, 4.69) is 31.3 Å². The van der Waals surface area contributed by atoms with Crippen LogP contribution in [0.15, 0.2) is 12.2 Å². The Morgan fingerprint density at radius 3 is 1.17 bits per heavy atom. The van der Waals surface area contributed by atoms with Crippen LogP contribution in [0.25, 0.3) is 0 Å². The van der Waals surface area contributed by atoms with Gasteiger partial charge >= 0.3 is 19.8 Å². The monoisotopic (exact) mass is 944 g/mol. The van der Waals surface area contributed by atoms with Crippen molar-refractivity contribution in [1.29, 1.82) is 0 Å². The van der Waals surface area contributed by atoms with Crippen LogP contribution in [0.5, 0.6) is 0 Å². The molecule has 0 radical (unpaired) electrons. The number of allylic oxidation sites excluding steroid dienone is 2. The fourth-order valence-electron chi connectivity index (χ4n) is 8.08. The number of aliphatic hydroxyl groups excluding tert-OH is 1. The van der Waals surface area contributed by atoms with Crippen LogP contribution in [-0.4, -0.2) is 64.9 Å². The molecule has 0 aliphatic rings. The van der Waals surface area contributed by atoms with Crippen LogP contribution >= 0.6 is 7.82 Å². The van der Waals surface area contributed by atoms with E-state index in [0.29, 0.717) is 12.8 Å². The summed E-state index contributed by atoms with van der Waals surface area (Å²) >= 11 is 0. The van der Waals surface area contributed by atoms with E-state index in [4.69, 9.17) is 13.8 Å². The van der Waals surface area contributed by atoms with E-state index in [1.807, 2.05) is 0 Å². The Morgan fingerprint density at radius 2 is 0.800 bits per heavy atom. The van der Waals surface area contributed by atoms with Gasteiger partial charge in [-0.2, -0.15) is 0 Å². The number of ether oxygens (including phenoxy) is 1. The number of carboxylic acid groups (broad SMARTS) is 1. The number of nitrogens with one attached hydrogen (secondary N) is 1. The average Bonchev–Trinajstić information content (AvgIpc) is 3.28. The topological polar surface area (TPSA) is 169 Å². The molecular formula is C53H102NO10P. The lowest BCUT2D eigenvalue weighted by molar-refractivity contribution is -0.147. The smallest absolute Gasteiger partial charge is 0.472 e. The van der Waals surface area contributed by atoms with Crippen LogP contribution in [0.4, 0.5) is 0 Å². The third-order valence-electron chi connectivity index (χ3n) is 12.3. The highest BCUT2D eigenvalue weighted by atomic mass is 31.2. The van der Waals surface area contributed by atoms with Crippen molar-refractivity contribution in [3.63, 3.8) is 0 Å². The minimum atomic E-state index is -4.76. The summed E-state index contributed by atoms with van der Waals surface area (Å²) in [5.41, 5.74) is 0. The number of amides is 1. The summed E-state index contributed by atoms with van der Waals surface area (Å²) in [6.07, 6.45) is 52.4. The molecule has 384 valence electrons.